The summed E-state index contributed by atoms with van der Waals surface area (Å²) in [5.41, 5.74) is 6.69. The third kappa shape index (κ3) is 4.36. The summed E-state index contributed by atoms with van der Waals surface area (Å²) in [7, 11) is 0. The first kappa shape index (κ1) is 15.6. The number of nitrogens with two attached hydrogens (primary N) is 1. The number of benzene rings is 1. The highest BCUT2D eigenvalue weighted by atomic mass is 16.5. The van der Waals surface area contributed by atoms with E-state index in [2.05, 4.69) is 5.32 Å². The van der Waals surface area contributed by atoms with Gasteiger partial charge < -0.3 is 20.5 Å². The van der Waals surface area contributed by atoms with Crippen molar-refractivity contribution in [2.45, 2.75) is 45.3 Å². The summed E-state index contributed by atoms with van der Waals surface area (Å²) in [6, 6.07) is 5.23. The van der Waals surface area contributed by atoms with E-state index in [1.54, 1.807) is 18.2 Å². The van der Waals surface area contributed by atoms with E-state index in [-0.39, 0.29) is 17.6 Å². The van der Waals surface area contributed by atoms with Crippen molar-refractivity contribution in [3.63, 3.8) is 0 Å². The van der Waals surface area contributed by atoms with Crippen molar-refractivity contribution in [3.8, 4) is 5.75 Å². The molecule has 1 aromatic carbocycles. The maximum atomic E-state index is 12.4. The van der Waals surface area contributed by atoms with Gasteiger partial charge in [-0.25, -0.2) is 0 Å². The number of anilines is 1. The number of carbonyl (C=O) groups excluding carboxylic acids is 1. The molecule has 1 aliphatic rings. The van der Waals surface area contributed by atoms with Crippen LogP contribution in [0.15, 0.2) is 18.2 Å². The Labute approximate surface area is 125 Å². The molecule has 0 aliphatic carbocycles. The molecule has 3 N–H and O–H groups in total. The van der Waals surface area contributed by atoms with Gasteiger partial charge in [-0.3, -0.25) is 4.79 Å². The van der Waals surface area contributed by atoms with Gasteiger partial charge in [0.1, 0.15) is 5.75 Å². The molecule has 116 valence electrons. The van der Waals surface area contributed by atoms with E-state index in [1.165, 1.54) is 0 Å². The standard InChI is InChI=1S/C16H24N2O3/c1-4-20-14-8-11(7-12(17)9-14)15(19)18-13-5-6-21-16(2,3)10-13/h7-9,13H,4-6,10,17H2,1-3H3,(H,18,19). The lowest BCUT2D eigenvalue weighted by molar-refractivity contribution is -0.0615. The first-order valence-electron chi connectivity index (χ1n) is 7.38. The van der Waals surface area contributed by atoms with E-state index >= 15 is 0 Å². The number of carbonyl (C=O) groups is 1. The van der Waals surface area contributed by atoms with Gasteiger partial charge in [-0.15, -0.1) is 0 Å². The zero-order valence-corrected chi connectivity index (χ0v) is 12.9. The first-order chi connectivity index (χ1) is 9.89. The smallest absolute Gasteiger partial charge is 0.251 e. The van der Waals surface area contributed by atoms with E-state index in [1.807, 2.05) is 20.8 Å². The molecule has 1 heterocycles. The SMILES string of the molecule is CCOc1cc(N)cc(C(=O)NC2CCOC(C)(C)C2)c1. The average molecular weight is 292 g/mol. The van der Waals surface area contributed by atoms with Crippen molar-refractivity contribution in [3.05, 3.63) is 23.8 Å². The van der Waals surface area contributed by atoms with Crippen molar-refractivity contribution < 1.29 is 14.3 Å². The summed E-state index contributed by atoms with van der Waals surface area (Å²) < 4.78 is 11.1. The minimum Gasteiger partial charge on any atom is -0.494 e. The lowest BCUT2D eigenvalue weighted by Gasteiger charge is -2.35. The fourth-order valence-corrected chi connectivity index (χ4v) is 2.63. The Morgan fingerprint density at radius 1 is 1.48 bits per heavy atom. The molecule has 1 atom stereocenters. The van der Waals surface area contributed by atoms with E-state index in [0.717, 1.165) is 12.8 Å². The monoisotopic (exact) mass is 292 g/mol. The van der Waals surface area contributed by atoms with Crippen LogP contribution in [0.3, 0.4) is 0 Å². The van der Waals surface area contributed by atoms with Crippen LogP contribution in [0.5, 0.6) is 5.75 Å². The zero-order chi connectivity index (χ0) is 15.5. The van der Waals surface area contributed by atoms with E-state index in [0.29, 0.717) is 30.2 Å². The van der Waals surface area contributed by atoms with Gasteiger partial charge in [-0.1, -0.05) is 0 Å². The second-order valence-electron chi connectivity index (χ2n) is 6.00. The zero-order valence-electron chi connectivity index (χ0n) is 12.9. The van der Waals surface area contributed by atoms with Gasteiger partial charge in [-0.2, -0.15) is 0 Å². The van der Waals surface area contributed by atoms with Crippen molar-refractivity contribution in [2.24, 2.45) is 0 Å². The van der Waals surface area contributed by atoms with Gasteiger partial charge in [0.15, 0.2) is 0 Å². The molecule has 21 heavy (non-hydrogen) atoms. The lowest BCUT2D eigenvalue weighted by Crippen LogP contribution is -2.45. The van der Waals surface area contributed by atoms with Gasteiger partial charge in [0.25, 0.3) is 5.91 Å². The van der Waals surface area contributed by atoms with Gasteiger partial charge in [-0.05, 0) is 45.7 Å². The molecular formula is C16H24N2O3. The predicted octanol–water partition coefficient (Wildman–Crippen LogP) is 2.35. The Hall–Kier alpha value is -1.75. The van der Waals surface area contributed by atoms with Gasteiger partial charge >= 0.3 is 0 Å². The van der Waals surface area contributed by atoms with Crippen LogP contribution in [0.4, 0.5) is 5.69 Å². The van der Waals surface area contributed by atoms with Crippen LogP contribution in [-0.4, -0.2) is 30.8 Å². The molecule has 1 aromatic rings. The van der Waals surface area contributed by atoms with Crippen LogP contribution < -0.4 is 15.8 Å². The highest BCUT2D eigenvalue weighted by molar-refractivity contribution is 5.95. The molecule has 1 fully saturated rings. The van der Waals surface area contributed by atoms with Gasteiger partial charge in [0.2, 0.25) is 0 Å². The van der Waals surface area contributed by atoms with Gasteiger partial charge in [0, 0.05) is 30.0 Å². The molecule has 0 aromatic heterocycles. The third-order valence-corrected chi connectivity index (χ3v) is 3.53. The number of amides is 1. The topological polar surface area (TPSA) is 73.6 Å². The Balaban J connectivity index is 2.06. The number of nitrogen functional groups attached to an aromatic ring is 1. The number of ether oxygens (including phenoxy) is 2. The van der Waals surface area contributed by atoms with Crippen LogP contribution >= 0.6 is 0 Å². The number of rotatable bonds is 4. The molecule has 1 unspecified atom stereocenters. The molecule has 2 rings (SSSR count). The number of hydrogen-bond donors (Lipinski definition) is 2. The predicted molar refractivity (Wildman–Crippen MR) is 82.5 cm³/mol. The van der Waals surface area contributed by atoms with Gasteiger partial charge in [0.05, 0.1) is 12.2 Å². The fraction of sp³-hybridized carbons (Fsp3) is 0.562. The molecular weight excluding hydrogens is 268 g/mol. The normalized spacial score (nSPS) is 20.8. The molecule has 0 bridgehead atoms. The maximum absolute atomic E-state index is 12.4. The van der Waals surface area contributed by atoms with E-state index < -0.39 is 0 Å². The average Bonchev–Trinajstić information content (AvgIpc) is 2.37. The Morgan fingerprint density at radius 2 is 2.24 bits per heavy atom. The second kappa shape index (κ2) is 6.35. The molecule has 5 nitrogen and oxygen atoms in total. The maximum Gasteiger partial charge on any atom is 0.251 e. The minimum atomic E-state index is -0.192. The number of hydrogen-bond acceptors (Lipinski definition) is 4. The summed E-state index contributed by atoms with van der Waals surface area (Å²) >= 11 is 0. The van der Waals surface area contributed by atoms with Crippen molar-refractivity contribution in [2.75, 3.05) is 18.9 Å². The van der Waals surface area contributed by atoms with Crippen LogP contribution in [0, 0.1) is 0 Å². The summed E-state index contributed by atoms with van der Waals surface area (Å²) in [6.45, 7) is 7.18. The molecule has 5 heteroatoms. The highest BCUT2D eigenvalue weighted by Crippen LogP contribution is 2.25. The fourth-order valence-electron chi connectivity index (χ4n) is 2.63. The van der Waals surface area contributed by atoms with Crippen molar-refractivity contribution in [1.82, 2.24) is 5.32 Å². The largest absolute Gasteiger partial charge is 0.494 e. The van der Waals surface area contributed by atoms with Crippen LogP contribution in [0.2, 0.25) is 0 Å². The van der Waals surface area contributed by atoms with Crippen LogP contribution in [-0.2, 0) is 4.74 Å². The lowest BCUT2D eigenvalue weighted by atomic mass is 9.93. The first-order valence-corrected chi connectivity index (χ1v) is 7.38. The number of nitrogens with one attached hydrogen (secondary N) is 1. The molecule has 0 spiro atoms. The third-order valence-electron chi connectivity index (χ3n) is 3.53. The summed E-state index contributed by atoms with van der Waals surface area (Å²) in [4.78, 5) is 12.4. The molecule has 1 amide bonds. The van der Waals surface area contributed by atoms with E-state index in [9.17, 15) is 4.79 Å². The molecule has 0 saturated carbocycles. The Kier molecular flexibility index (Phi) is 4.73. The van der Waals surface area contributed by atoms with E-state index in [4.69, 9.17) is 15.2 Å². The summed E-state index contributed by atoms with van der Waals surface area (Å²) in [5, 5.41) is 3.06. The molecule has 0 radical (unpaired) electrons. The van der Waals surface area contributed by atoms with Crippen molar-refractivity contribution in [1.29, 1.82) is 0 Å². The van der Waals surface area contributed by atoms with Crippen LogP contribution in [0.25, 0.3) is 0 Å². The molecule has 1 aliphatic heterocycles. The Morgan fingerprint density at radius 3 is 2.90 bits per heavy atom. The van der Waals surface area contributed by atoms with Crippen LogP contribution in [0.1, 0.15) is 44.0 Å². The summed E-state index contributed by atoms with van der Waals surface area (Å²) in [6.07, 6.45) is 1.63. The highest BCUT2D eigenvalue weighted by Gasteiger charge is 2.29. The summed E-state index contributed by atoms with van der Waals surface area (Å²) in [5.74, 6) is 0.501. The second-order valence-corrected chi connectivity index (χ2v) is 6.00. The van der Waals surface area contributed by atoms with Crippen molar-refractivity contribution >= 4 is 11.6 Å². The molecule has 1 saturated heterocycles. The quantitative estimate of drug-likeness (QED) is 0.835. The minimum absolute atomic E-state index is 0.119. The Bertz CT molecular complexity index is 514.